The summed E-state index contributed by atoms with van der Waals surface area (Å²) < 4.78 is 11.1. The molecule has 0 aliphatic rings. The Balaban J connectivity index is 1.50. The van der Waals surface area contributed by atoms with Gasteiger partial charge in [0.15, 0.2) is 24.6 Å². The average Bonchev–Trinajstić information content (AvgIpc) is 3.07. The zero-order valence-corrected chi connectivity index (χ0v) is 16.2. The monoisotopic (exact) mass is 398 g/mol. The van der Waals surface area contributed by atoms with Crippen LogP contribution in [0, 0.1) is 13.8 Å². The first-order valence-corrected chi connectivity index (χ1v) is 9.28. The van der Waals surface area contributed by atoms with Crippen molar-refractivity contribution in [3.8, 4) is 5.75 Å². The molecule has 3 aromatic rings. The fourth-order valence-corrected chi connectivity index (χ4v) is 3.67. The minimum atomic E-state index is -0.716. The second-order valence-corrected chi connectivity index (χ2v) is 7.13. The Labute approximate surface area is 165 Å². The molecule has 1 N–H and O–H groups in total. The molecule has 1 heterocycles. The van der Waals surface area contributed by atoms with Crippen LogP contribution in [0.2, 0.25) is 0 Å². The number of amides is 1. The third-order valence-electron chi connectivity index (χ3n) is 3.83. The number of hydrogen-bond donors (Lipinski definition) is 1. The number of ether oxygens (including phenoxy) is 2. The maximum atomic E-state index is 12.0. The number of fused-ring (bicyclic) bond motifs is 1. The fourth-order valence-electron chi connectivity index (χ4n) is 2.61. The van der Waals surface area contributed by atoms with Crippen LogP contribution < -0.4 is 10.1 Å². The van der Waals surface area contributed by atoms with E-state index in [-0.39, 0.29) is 5.75 Å². The van der Waals surface area contributed by atoms with Gasteiger partial charge in [-0.05, 0) is 43.2 Å². The highest BCUT2D eigenvalue weighted by atomic mass is 32.1. The lowest BCUT2D eigenvalue weighted by Crippen LogP contribution is -2.23. The number of nitrogens with one attached hydrogen (secondary N) is 1. The minimum absolute atomic E-state index is 0.277. The number of para-hydroxylation sites is 1. The molecule has 0 saturated carbocycles. The number of esters is 1. The van der Waals surface area contributed by atoms with Crippen molar-refractivity contribution in [1.82, 2.24) is 4.98 Å². The summed E-state index contributed by atoms with van der Waals surface area (Å²) in [4.78, 5) is 39.1. The van der Waals surface area contributed by atoms with Crippen LogP contribution in [-0.2, 0) is 14.3 Å². The molecule has 0 atom stereocenters. The van der Waals surface area contributed by atoms with E-state index in [0.717, 1.165) is 21.3 Å². The van der Waals surface area contributed by atoms with Crippen LogP contribution in [0.15, 0.2) is 36.4 Å². The summed E-state index contributed by atoms with van der Waals surface area (Å²) >= 11 is 1.36. The molecule has 0 spiro atoms. The lowest BCUT2D eigenvalue weighted by molar-refractivity contribution is -0.149. The molecule has 2 aromatic carbocycles. The summed E-state index contributed by atoms with van der Waals surface area (Å²) in [5.41, 5.74) is 3.32. The number of carbonyl (C=O) groups is 3. The molecule has 1 amide bonds. The van der Waals surface area contributed by atoms with Gasteiger partial charge in [-0.1, -0.05) is 29.5 Å². The standard InChI is InChI=1S/C20H18N2O5S/c1-12-7-13(2)19-16(8-12)28-20(22-19)21-17(24)10-27-18(25)11-26-15-6-4-3-5-14(15)9-23/h3-9H,10-11H2,1-2H3,(H,21,22,24). The van der Waals surface area contributed by atoms with Crippen LogP contribution in [0.3, 0.4) is 0 Å². The van der Waals surface area contributed by atoms with Gasteiger partial charge in [0.05, 0.1) is 15.8 Å². The van der Waals surface area contributed by atoms with Gasteiger partial charge in [0, 0.05) is 0 Å². The number of aromatic nitrogens is 1. The van der Waals surface area contributed by atoms with Crippen molar-refractivity contribution >= 4 is 44.8 Å². The van der Waals surface area contributed by atoms with Gasteiger partial charge in [0.25, 0.3) is 5.91 Å². The van der Waals surface area contributed by atoms with Gasteiger partial charge in [-0.15, -0.1) is 0 Å². The Kier molecular flexibility index (Phi) is 6.00. The topological polar surface area (TPSA) is 94.6 Å². The second kappa shape index (κ2) is 8.62. The summed E-state index contributed by atoms with van der Waals surface area (Å²) in [6.45, 7) is 3.10. The first-order chi connectivity index (χ1) is 13.5. The summed E-state index contributed by atoms with van der Waals surface area (Å²) in [7, 11) is 0. The fraction of sp³-hybridized carbons (Fsp3) is 0.200. The number of aldehydes is 1. The molecule has 0 bridgehead atoms. The highest BCUT2D eigenvalue weighted by Gasteiger charge is 2.13. The normalized spacial score (nSPS) is 10.5. The van der Waals surface area contributed by atoms with E-state index >= 15 is 0 Å². The zero-order valence-electron chi connectivity index (χ0n) is 15.4. The Morgan fingerprint density at radius 3 is 2.75 bits per heavy atom. The predicted octanol–water partition coefficient (Wildman–Crippen LogP) is 3.29. The van der Waals surface area contributed by atoms with E-state index in [2.05, 4.69) is 10.3 Å². The second-order valence-electron chi connectivity index (χ2n) is 6.10. The van der Waals surface area contributed by atoms with Crippen LogP contribution in [-0.4, -0.2) is 36.4 Å². The zero-order chi connectivity index (χ0) is 20.1. The lowest BCUT2D eigenvalue weighted by atomic mass is 10.1. The Morgan fingerprint density at radius 2 is 1.96 bits per heavy atom. The van der Waals surface area contributed by atoms with Gasteiger partial charge >= 0.3 is 5.97 Å². The molecule has 144 valence electrons. The molecule has 0 radical (unpaired) electrons. The molecule has 0 aliphatic heterocycles. The molecule has 1 aromatic heterocycles. The van der Waals surface area contributed by atoms with Gasteiger partial charge in [-0.25, -0.2) is 9.78 Å². The molecule has 0 unspecified atom stereocenters. The van der Waals surface area contributed by atoms with Gasteiger partial charge in [-0.2, -0.15) is 0 Å². The van der Waals surface area contributed by atoms with E-state index in [4.69, 9.17) is 9.47 Å². The number of aryl methyl sites for hydroxylation is 2. The largest absolute Gasteiger partial charge is 0.481 e. The van der Waals surface area contributed by atoms with Gasteiger partial charge in [-0.3, -0.25) is 14.9 Å². The van der Waals surface area contributed by atoms with Gasteiger partial charge in [0.2, 0.25) is 0 Å². The van der Waals surface area contributed by atoms with Crippen molar-refractivity contribution in [1.29, 1.82) is 0 Å². The van der Waals surface area contributed by atoms with E-state index in [1.54, 1.807) is 24.3 Å². The predicted molar refractivity (Wildman–Crippen MR) is 106 cm³/mol. The quantitative estimate of drug-likeness (QED) is 0.485. The highest BCUT2D eigenvalue weighted by molar-refractivity contribution is 7.22. The van der Waals surface area contributed by atoms with E-state index in [9.17, 15) is 14.4 Å². The van der Waals surface area contributed by atoms with Crippen molar-refractivity contribution < 1.29 is 23.9 Å². The molecule has 8 heteroatoms. The van der Waals surface area contributed by atoms with E-state index in [1.807, 2.05) is 26.0 Å². The Morgan fingerprint density at radius 1 is 1.18 bits per heavy atom. The summed E-state index contributed by atoms with van der Waals surface area (Å²) in [5, 5.41) is 3.07. The van der Waals surface area contributed by atoms with Crippen molar-refractivity contribution in [3.05, 3.63) is 53.1 Å². The number of carbonyl (C=O) groups excluding carboxylic acids is 3. The number of benzene rings is 2. The SMILES string of the molecule is Cc1cc(C)c2nc(NC(=O)COC(=O)COc3ccccc3C=O)sc2c1. The maximum Gasteiger partial charge on any atom is 0.344 e. The van der Waals surface area contributed by atoms with Crippen LogP contribution >= 0.6 is 11.3 Å². The highest BCUT2D eigenvalue weighted by Crippen LogP contribution is 2.29. The first-order valence-electron chi connectivity index (χ1n) is 8.46. The molecule has 0 aliphatic carbocycles. The Bertz CT molecular complexity index is 1040. The molecule has 0 fully saturated rings. The first kappa shape index (κ1) is 19.5. The van der Waals surface area contributed by atoms with Crippen molar-refractivity contribution in [3.63, 3.8) is 0 Å². The van der Waals surface area contributed by atoms with Gasteiger partial charge in [0.1, 0.15) is 5.75 Å². The van der Waals surface area contributed by atoms with Crippen LogP contribution in [0.25, 0.3) is 10.2 Å². The summed E-state index contributed by atoms with van der Waals surface area (Å²) in [6, 6.07) is 10.5. The third-order valence-corrected chi connectivity index (χ3v) is 4.75. The molecule has 7 nitrogen and oxygen atoms in total. The Hall–Kier alpha value is -3.26. The van der Waals surface area contributed by atoms with Crippen LogP contribution in [0.4, 0.5) is 5.13 Å². The van der Waals surface area contributed by atoms with E-state index in [1.165, 1.54) is 11.3 Å². The molecular formula is C20H18N2O5S. The minimum Gasteiger partial charge on any atom is -0.481 e. The van der Waals surface area contributed by atoms with Crippen molar-refractivity contribution in [2.45, 2.75) is 13.8 Å². The van der Waals surface area contributed by atoms with Crippen LogP contribution in [0.5, 0.6) is 5.75 Å². The van der Waals surface area contributed by atoms with Crippen molar-refractivity contribution in [2.75, 3.05) is 18.5 Å². The van der Waals surface area contributed by atoms with Crippen LogP contribution in [0.1, 0.15) is 21.5 Å². The maximum absolute atomic E-state index is 12.0. The van der Waals surface area contributed by atoms with Gasteiger partial charge < -0.3 is 9.47 Å². The number of anilines is 1. The molecule has 0 saturated heterocycles. The third kappa shape index (κ3) is 4.72. The van der Waals surface area contributed by atoms with E-state index in [0.29, 0.717) is 17.0 Å². The van der Waals surface area contributed by atoms with Crippen molar-refractivity contribution in [2.24, 2.45) is 0 Å². The summed E-state index contributed by atoms with van der Waals surface area (Å²) in [5.74, 6) is -0.930. The average molecular weight is 398 g/mol. The summed E-state index contributed by atoms with van der Waals surface area (Å²) in [6.07, 6.45) is 0.634. The lowest BCUT2D eigenvalue weighted by Gasteiger charge is -2.08. The molecule has 3 rings (SSSR count). The van der Waals surface area contributed by atoms with E-state index < -0.39 is 25.1 Å². The smallest absolute Gasteiger partial charge is 0.344 e. The number of rotatable bonds is 7. The molecule has 28 heavy (non-hydrogen) atoms. The number of nitrogens with zero attached hydrogens (tertiary/aromatic N) is 1. The molecular weight excluding hydrogens is 380 g/mol. The number of thiazole rings is 1. The number of hydrogen-bond acceptors (Lipinski definition) is 7.